The Hall–Kier alpha value is -2.50. The molecule has 3 aromatic rings. The highest BCUT2D eigenvalue weighted by Gasteiger charge is 2.37. The Morgan fingerprint density at radius 1 is 0.733 bits per heavy atom. The third-order valence-corrected chi connectivity index (χ3v) is 6.26. The summed E-state index contributed by atoms with van der Waals surface area (Å²) in [6, 6.07) is 19.7. The van der Waals surface area contributed by atoms with E-state index in [1.165, 1.54) is 0 Å². The quantitative estimate of drug-likeness (QED) is 0.229. The SMILES string of the molecule is Fc1cc(F)c([S+](c2ccccc2)c2ccccc2)c(F)c1.O=S(=O)([O-])C(F)(F)F. The van der Waals surface area contributed by atoms with Crippen LogP contribution in [-0.2, 0) is 21.0 Å². The maximum Gasteiger partial charge on any atom is 0.485 e. The minimum Gasteiger partial charge on any atom is -0.741 e. The molecule has 30 heavy (non-hydrogen) atoms. The molecule has 0 aromatic heterocycles. The molecule has 0 spiro atoms. The van der Waals surface area contributed by atoms with E-state index in [-0.39, 0.29) is 4.90 Å². The van der Waals surface area contributed by atoms with E-state index in [9.17, 15) is 26.3 Å². The lowest BCUT2D eigenvalue weighted by Crippen LogP contribution is -2.21. The second-order valence-electron chi connectivity index (χ2n) is 5.53. The van der Waals surface area contributed by atoms with Crippen LogP contribution in [0, 0.1) is 17.5 Å². The largest absolute Gasteiger partial charge is 0.741 e. The van der Waals surface area contributed by atoms with Gasteiger partial charge in [-0.2, -0.15) is 13.2 Å². The van der Waals surface area contributed by atoms with E-state index >= 15 is 0 Å². The molecular weight excluding hydrogens is 454 g/mol. The molecule has 160 valence electrons. The van der Waals surface area contributed by atoms with Crippen LogP contribution in [0.4, 0.5) is 26.3 Å². The molecule has 3 aromatic carbocycles. The van der Waals surface area contributed by atoms with Crippen molar-refractivity contribution in [3.8, 4) is 0 Å². The summed E-state index contributed by atoms with van der Waals surface area (Å²) in [5.74, 6) is -2.65. The highest BCUT2D eigenvalue weighted by Crippen LogP contribution is 2.34. The van der Waals surface area contributed by atoms with Crippen LogP contribution >= 0.6 is 0 Å². The van der Waals surface area contributed by atoms with Crippen molar-refractivity contribution in [3.05, 3.63) is 90.2 Å². The van der Waals surface area contributed by atoms with Crippen molar-refractivity contribution in [2.24, 2.45) is 0 Å². The molecule has 0 aliphatic heterocycles. The maximum absolute atomic E-state index is 14.3. The molecule has 3 nitrogen and oxygen atoms in total. The van der Waals surface area contributed by atoms with Crippen molar-refractivity contribution >= 4 is 21.0 Å². The molecule has 0 radical (unpaired) electrons. The Kier molecular flexibility index (Phi) is 7.56. The standard InChI is InChI=1S/C18H12F3S.CHF3O3S/c19-13-11-16(20)18(17(21)12-13)22(14-7-3-1-4-8-14)15-9-5-2-6-10-15;2-1(3,4)8(5,6)7/h1-12H;(H,5,6,7)/q+1;/p-1. The summed E-state index contributed by atoms with van der Waals surface area (Å²) in [4.78, 5) is 1.44. The Balaban J connectivity index is 0.000000343. The molecule has 0 aliphatic carbocycles. The van der Waals surface area contributed by atoms with Gasteiger partial charge >= 0.3 is 5.51 Å². The molecule has 0 unspecified atom stereocenters. The molecule has 3 rings (SSSR count). The second-order valence-corrected chi connectivity index (χ2v) is 8.87. The number of hydrogen-bond donors (Lipinski definition) is 0. The minimum atomic E-state index is -6.09. The molecule has 0 fully saturated rings. The molecule has 0 amide bonds. The number of halogens is 6. The Morgan fingerprint density at radius 2 is 1.07 bits per heavy atom. The Labute approximate surface area is 171 Å². The van der Waals surface area contributed by atoms with Crippen molar-refractivity contribution in [1.29, 1.82) is 0 Å². The summed E-state index contributed by atoms with van der Waals surface area (Å²) >= 11 is 0. The van der Waals surface area contributed by atoms with Crippen molar-refractivity contribution < 1.29 is 39.3 Å². The van der Waals surface area contributed by atoms with Gasteiger partial charge in [-0.05, 0) is 24.3 Å². The Morgan fingerprint density at radius 3 is 1.37 bits per heavy atom. The Bertz CT molecular complexity index is 1030. The van der Waals surface area contributed by atoms with Gasteiger partial charge in [0.1, 0.15) is 16.7 Å². The van der Waals surface area contributed by atoms with E-state index in [1.54, 1.807) is 0 Å². The lowest BCUT2D eigenvalue weighted by molar-refractivity contribution is -0.0517. The summed E-state index contributed by atoms with van der Waals surface area (Å²) in [7, 11) is -7.05. The molecule has 0 bridgehead atoms. The third kappa shape index (κ3) is 6.00. The molecule has 0 saturated heterocycles. The number of rotatable bonds is 3. The van der Waals surface area contributed by atoms with Crippen LogP contribution in [0.3, 0.4) is 0 Å². The first-order valence-corrected chi connectivity index (χ1v) is 10.6. The number of benzene rings is 3. The van der Waals surface area contributed by atoms with Crippen LogP contribution in [-0.4, -0.2) is 18.5 Å². The highest BCUT2D eigenvalue weighted by molar-refractivity contribution is 7.97. The van der Waals surface area contributed by atoms with Gasteiger partial charge in [-0.3, -0.25) is 0 Å². The molecule has 0 atom stereocenters. The van der Waals surface area contributed by atoms with E-state index in [0.29, 0.717) is 0 Å². The zero-order valence-corrected chi connectivity index (χ0v) is 16.4. The zero-order chi connectivity index (χ0) is 22.5. The summed E-state index contributed by atoms with van der Waals surface area (Å²) in [6.45, 7) is 0. The van der Waals surface area contributed by atoms with Gasteiger partial charge in [-0.1, -0.05) is 36.4 Å². The van der Waals surface area contributed by atoms with Crippen molar-refractivity contribution in [1.82, 2.24) is 0 Å². The first kappa shape index (κ1) is 23.8. The average Bonchev–Trinajstić information content (AvgIpc) is 2.65. The highest BCUT2D eigenvalue weighted by atomic mass is 32.2. The van der Waals surface area contributed by atoms with Crippen molar-refractivity contribution in [2.75, 3.05) is 0 Å². The van der Waals surface area contributed by atoms with Crippen LogP contribution < -0.4 is 0 Å². The number of alkyl halides is 3. The minimum absolute atomic E-state index is 0.112. The van der Waals surface area contributed by atoms with E-state index in [4.69, 9.17) is 13.0 Å². The maximum atomic E-state index is 14.3. The van der Waals surface area contributed by atoms with Crippen LogP contribution in [0.2, 0.25) is 0 Å². The smallest absolute Gasteiger partial charge is 0.485 e. The normalized spacial score (nSPS) is 11.7. The van der Waals surface area contributed by atoms with Crippen LogP contribution in [0.25, 0.3) is 0 Å². The second kappa shape index (κ2) is 9.54. The van der Waals surface area contributed by atoms with Crippen molar-refractivity contribution in [2.45, 2.75) is 20.2 Å². The molecule has 0 heterocycles. The van der Waals surface area contributed by atoms with Gasteiger partial charge in [0.15, 0.2) is 31.5 Å². The first-order valence-electron chi connectivity index (χ1n) is 7.93. The van der Waals surface area contributed by atoms with Crippen LogP contribution in [0.1, 0.15) is 0 Å². The van der Waals surface area contributed by atoms with Crippen molar-refractivity contribution in [3.63, 3.8) is 0 Å². The average molecular weight is 466 g/mol. The fourth-order valence-electron chi connectivity index (χ4n) is 2.21. The van der Waals surface area contributed by atoms with Gasteiger partial charge in [-0.25, -0.2) is 21.6 Å². The fourth-order valence-corrected chi connectivity index (χ4v) is 4.32. The van der Waals surface area contributed by atoms with Gasteiger partial charge in [-0.15, -0.1) is 0 Å². The predicted molar refractivity (Wildman–Crippen MR) is 97.1 cm³/mol. The van der Waals surface area contributed by atoms with Gasteiger partial charge in [0, 0.05) is 12.1 Å². The summed E-state index contributed by atoms with van der Waals surface area (Å²) in [5, 5.41) is 0. The lowest BCUT2D eigenvalue weighted by atomic mass is 10.3. The van der Waals surface area contributed by atoms with Gasteiger partial charge in [0.2, 0.25) is 4.90 Å². The molecular formula is C19H12F6O3S2. The van der Waals surface area contributed by atoms with E-state index in [1.807, 2.05) is 60.7 Å². The first-order chi connectivity index (χ1) is 13.9. The monoisotopic (exact) mass is 466 g/mol. The van der Waals surface area contributed by atoms with Gasteiger partial charge in [0.05, 0.1) is 0 Å². The molecule has 0 N–H and O–H groups in total. The van der Waals surface area contributed by atoms with E-state index in [0.717, 1.165) is 21.9 Å². The zero-order valence-electron chi connectivity index (χ0n) is 14.7. The van der Waals surface area contributed by atoms with Gasteiger partial charge < -0.3 is 4.55 Å². The fraction of sp³-hybridized carbons (Fsp3) is 0.0526. The topological polar surface area (TPSA) is 57.2 Å². The molecule has 11 heteroatoms. The van der Waals surface area contributed by atoms with Crippen LogP contribution in [0.5, 0.6) is 0 Å². The summed E-state index contributed by atoms with van der Waals surface area (Å²) in [6.07, 6.45) is 0. The molecule has 0 aliphatic rings. The molecule has 0 saturated carbocycles. The lowest BCUT2D eigenvalue weighted by Gasteiger charge is -2.09. The number of hydrogen-bond acceptors (Lipinski definition) is 3. The van der Waals surface area contributed by atoms with E-state index < -0.39 is 44.0 Å². The van der Waals surface area contributed by atoms with Crippen LogP contribution in [0.15, 0.2) is 87.5 Å². The summed E-state index contributed by atoms with van der Waals surface area (Å²) < 4.78 is 101. The van der Waals surface area contributed by atoms with Gasteiger partial charge in [0.25, 0.3) is 0 Å². The summed E-state index contributed by atoms with van der Waals surface area (Å²) in [5.41, 5.74) is -5.65. The van der Waals surface area contributed by atoms with E-state index in [2.05, 4.69) is 0 Å². The predicted octanol–water partition coefficient (Wildman–Crippen LogP) is 5.25. The third-order valence-electron chi connectivity index (χ3n) is 3.41.